The highest BCUT2D eigenvalue weighted by Gasteiger charge is 2.59. The van der Waals surface area contributed by atoms with E-state index in [0.717, 1.165) is 0 Å². The molecular weight excluding hydrogens is 310 g/mol. The number of rotatable bonds is 5. The molecule has 0 saturated heterocycles. The number of hydrogen-bond acceptors (Lipinski definition) is 6. The Labute approximate surface area is 114 Å². The minimum Gasteiger partial charge on any atom is -0.464 e. The van der Waals surface area contributed by atoms with Crippen molar-refractivity contribution in [1.82, 2.24) is 15.0 Å². The molecule has 0 bridgehead atoms. The SMILES string of the molecule is CCOc1nc(NC)nc(OC(C(F)(F)F)C(F)(F)F)n1. The molecule has 0 aliphatic heterocycles. The first-order valence-corrected chi connectivity index (χ1v) is 5.44. The summed E-state index contributed by atoms with van der Waals surface area (Å²) in [5, 5.41) is 2.33. The van der Waals surface area contributed by atoms with Crippen molar-refractivity contribution >= 4 is 5.95 Å². The summed E-state index contributed by atoms with van der Waals surface area (Å²) in [6.45, 7) is 1.58. The predicted molar refractivity (Wildman–Crippen MR) is 57.1 cm³/mol. The number of nitrogens with zero attached hydrogens (tertiary/aromatic N) is 3. The molecule has 1 aromatic rings. The van der Waals surface area contributed by atoms with Gasteiger partial charge in [0.1, 0.15) is 0 Å². The molecule has 1 rings (SSSR count). The van der Waals surface area contributed by atoms with Gasteiger partial charge < -0.3 is 14.8 Å². The second kappa shape index (κ2) is 6.18. The first-order valence-electron chi connectivity index (χ1n) is 5.44. The van der Waals surface area contributed by atoms with Gasteiger partial charge in [0, 0.05) is 7.05 Å². The predicted octanol–water partition coefficient (Wildman–Crippen LogP) is 2.18. The van der Waals surface area contributed by atoms with Gasteiger partial charge in [0.2, 0.25) is 5.95 Å². The molecule has 6 nitrogen and oxygen atoms in total. The average molecular weight is 320 g/mol. The Morgan fingerprint density at radius 2 is 1.52 bits per heavy atom. The maximum absolute atomic E-state index is 12.4. The van der Waals surface area contributed by atoms with E-state index in [-0.39, 0.29) is 12.6 Å². The molecule has 1 heterocycles. The monoisotopic (exact) mass is 320 g/mol. The lowest BCUT2D eigenvalue weighted by Crippen LogP contribution is -2.46. The van der Waals surface area contributed by atoms with Crippen LogP contribution in [0.5, 0.6) is 12.0 Å². The fourth-order valence-electron chi connectivity index (χ4n) is 1.12. The van der Waals surface area contributed by atoms with E-state index >= 15 is 0 Å². The second-order valence-electron chi connectivity index (χ2n) is 3.49. The van der Waals surface area contributed by atoms with Gasteiger partial charge >= 0.3 is 24.4 Å². The number of anilines is 1. The Bertz CT molecular complexity index is 464. The lowest BCUT2D eigenvalue weighted by atomic mass is 10.3. The fourth-order valence-corrected chi connectivity index (χ4v) is 1.12. The van der Waals surface area contributed by atoms with Crippen LogP contribution >= 0.6 is 0 Å². The molecule has 1 aromatic heterocycles. The zero-order valence-corrected chi connectivity index (χ0v) is 10.7. The van der Waals surface area contributed by atoms with Crippen molar-refractivity contribution in [2.75, 3.05) is 19.0 Å². The first-order chi connectivity index (χ1) is 9.57. The van der Waals surface area contributed by atoms with Gasteiger partial charge in [-0.1, -0.05) is 0 Å². The highest BCUT2D eigenvalue weighted by Crippen LogP contribution is 2.36. The number of aromatic nitrogens is 3. The highest BCUT2D eigenvalue weighted by atomic mass is 19.4. The normalized spacial score (nSPS) is 12.4. The quantitative estimate of drug-likeness (QED) is 0.839. The molecule has 0 aromatic carbocycles. The summed E-state index contributed by atoms with van der Waals surface area (Å²) in [7, 11) is 1.31. The van der Waals surface area contributed by atoms with Crippen molar-refractivity contribution in [3.8, 4) is 12.0 Å². The fraction of sp³-hybridized carbons (Fsp3) is 0.667. The van der Waals surface area contributed by atoms with Gasteiger partial charge in [-0.15, -0.1) is 4.98 Å². The summed E-state index contributed by atoms with van der Waals surface area (Å²) in [6.07, 6.45) is -15.4. The first kappa shape index (κ1) is 17.0. The summed E-state index contributed by atoms with van der Waals surface area (Å²) in [5.41, 5.74) is 0. The summed E-state index contributed by atoms with van der Waals surface area (Å²) in [6, 6.07) is -1.62. The van der Waals surface area contributed by atoms with Crippen LogP contribution in [0.2, 0.25) is 0 Å². The number of hydrogen-bond donors (Lipinski definition) is 1. The van der Waals surface area contributed by atoms with E-state index in [2.05, 4.69) is 25.0 Å². The number of ether oxygens (including phenoxy) is 2. The van der Waals surface area contributed by atoms with Crippen LogP contribution in [0.1, 0.15) is 6.92 Å². The minimum absolute atomic E-state index is 0.0502. The van der Waals surface area contributed by atoms with Crippen LogP contribution in [0.3, 0.4) is 0 Å². The van der Waals surface area contributed by atoms with E-state index in [1.807, 2.05) is 0 Å². The summed E-state index contributed by atoms with van der Waals surface area (Å²) in [5.74, 6) is -0.299. The third-order valence-corrected chi connectivity index (χ3v) is 1.91. The third kappa shape index (κ3) is 4.79. The van der Waals surface area contributed by atoms with Gasteiger partial charge in [-0.3, -0.25) is 0 Å². The Morgan fingerprint density at radius 3 is 1.95 bits per heavy atom. The van der Waals surface area contributed by atoms with E-state index in [1.54, 1.807) is 0 Å². The van der Waals surface area contributed by atoms with Crippen LogP contribution in [-0.4, -0.2) is 47.1 Å². The number of alkyl halides is 6. The largest absolute Gasteiger partial charge is 0.464 e. The van der Waals surface area contributed by atoms with Crippen molar-refractivity contribution in [3.63, 3.8) is 0 Å². The van der Waals surface area contributed by atoms with Gasteiger partial charge in [-0.25, -0.2) is 0 Å². The number of nitrogens with one attached hydrogen (secondary N) is 1. The highest BCUT2D eigenvalue weighted by molar-refractivity contribution is 5.26. The van der Waals surface area contributed by atoms with E-state index in [4.69, 9.17) is 4.74 Å². The molecule has 12 heteroatoms. The lowest BCUT2D eigenvalue weighted by Gasteiger charge is -2.22. The van der Waals surface area contributed by atoms with Crippen molar-refractivity contribution in [2.45, 2.75) is 25.4 Å². The molecule has 0 fully saturated rings. The van der Waals surface area contributed by atoms with Crippen molar-refractivity contribution in [1.29, 1.82) is 0 Å². The Morgan fingerprint density at radius 1 is 1.00 bits per heavy atom. The molecule has 21 heavy (non-hydrogen) atoms. The van der Waals surface area contributed by atoms with Crippen molar-refractivity contribution < 1.29 is 35.8 Å². The molecule has 120 valence electrons. The van der Waals surface area contributed by atoms with Crippen LogP contribution < -0.4 is 14.8 Å². The topological polar surface area (TPSA) is 69.2 Å². The Kier molecular flexibility index (Phi) is 5.01. The van der Waals surface area contributed by atoms with Gasteiger partial charge in [-0.05, 0) is 6.92 Å². The lowest BCUT2D eigenvalue weighted by molar-refractivity contribution is -0.301. The molecule has 0 saturated carbocycles. The van der Waals surface area contributed by atoms with Crippen molar-refractivity contribution in [2.24, 2.45) is 0 Å². The molecule has 0 aliphatic carbocycles. The van der Waals surface area contributed by atoms with Crippen LogP contribution in [0.4, 0.5) is 32.3 Å². The smallest absolute Gasteiger partial charge is 0.434 e. The number of halogens is 6. The molecular formula is C9H10F6N4O2. The molecule has 0 spiro atoms. The standard InChI is InChI=1S/C9H10F6N4O2/c1-3-20-6-17-5(16-2)18-7(19-6)21-4(8(10,11)12)9(13,14)15/h4H,3H2,1-2H3,(H,16,17,18,19). The van der Waals surface area contributed by atoms with Gasteiger partial charge in [-0.2, -0.15) is 36.3 Å². The van der Waals surface area contributed by atoms with Gasteiger partial charge in [0.05, 0.1) is 6.61 Å². The van der Waals surface area contributed by atoms with Crippen LogP contribution in [0, 0.1) is 0 Å². The second-order valence-corrected chi connectivity index (χ2v) is 3.49. The maximum atomic E-state index is 12.4. The van der Waals surface area contributed by atoms with E-state index in [9.17, 15) is 26.3 Å². The Hall–Kier alpha value is -2.01. The van der Waals surface area contributed by atoms with Crippen LogP contribution in [0.15, 0.2) is 0 Å². The van der Waals surface area contributed by atoms with Crippen LogP contribution in [-0.2, 0) is 0 Å². The van der Waals surface area contributed by atoms with Crippen LogP contribution in [0.25, 0.3) is 0 Å². The minimum atomic E-state index is -5.67. The van der Waals surface area contributed by atoms with Gasteiger partial charge in [0.15, 0.2) is 0 Å². The molecule has 0 amide bonds. The Balaban J connectivity index is 3.11. The molecule has 0 radical (unpaired) electrons. The summed E-state index contributed by atoms with van der Waals surface area (Å²) in [4.78, 5) is 10.1. The molecule has 0 aliphatic rings. The van der Waals surface area contributed by atoms with E-state index < -0.39 is 30.5 Å². The third-order valence-electron chi connectivity index (χ3n) is 1.91. The summed E-state index contributed by atoms with van der Waals surface area (Å²) >= 11 is 0. The zero-order valence-electron chi connectivity index (χ0n) is 10.7. The van der Waals surface area contributed by atoms with E-state index in [1.165, 1.54) is 14.0 Å². The molecule has 1 N–H and O–H groups in total. The summed E-state index contributed by atoms with van der Waals surface area (Å²) < 4.78 is 82.9. The molecule has 0 atom stereocenters. The van der Waals surface area contributed by atoms with Gasteiger partial charge in [0.25, 0.3) is 6.10 Å². The maximum Gasteiger partial charge on any atom is 0.434 e. The zero-order chi connectivity index (χ0) is 16.3. The van der Waals surface area contributed by atoms with Crippen molar-refractivity contribution in [3.05, 3.63) is 0 Å². The average Bonchev–Trinajstić information content (AvgIpc) is 2.33. The molecule has 0 unspecified atom stereocenters. The van der Waals surface area contributed by atoms with E-state index in [0.29, 0.717) is 0 Å².